The third-order valence-corrected chi connectivity index (χ3v) is 5.85. The minimum Gasteiger partial charge on any atom is -0.508 e. The summed E-state index contributed by atoms with van der Waals surface area (Å²) in [5.41, 5.74) is 2.56. The first kappa shape index (κ1) is 17.2. The van der Waals surface area contributed by atoms with Crippen LogP contribution in [0.15, 0.2) is 58.9 Å². The first-order chi connectivity index (χ1) is 12.0. The van der Waals surface area contributed by atoms with Crippen LogP contribution in [0.3, 0.4) is 0 Å². The number of aryl methyl sites for hydroxylation is 1. The Morgan fingerprint density at radius 2 is 1.92 bits per heavy atom. The summed E-state index contributed by atoms with van der Waals surface area (Å²) in [5.74, 6) is 0.236. The number of aromatic hydroxyl groups is 1. The van der Waals surface area contributed by atoms with Gasteiger partial charge in [-0.1, -0.05) is 12.1 Å². The summed E-state index contributed by atoms with van der Waals surface area (Å²) >= 11 is 1.22. The molecule has 1 aromatic heterocycles. The zero-order valence-electron chi connectivity index (χ0n) is 13.4. The molecule has 0 spiro atoms. The number of nitrogens with zero attached hydrogens (tertiary/aromatic N) is 1. The first-order valence-corrected chi connectivity index (χ1v) is 9.86. The summed E-state index contributed by atoms with van der Waals surface area (Å²) in [4.78, 5) is 4.08. The van der Waals surface area contributed by atoms with Crippen LogP contribution in [0.4, 0.5) is 10.8 Å². The number of phenolic OH excluding ortho intramolecular Hbond substituents is 1. The molecule has 0 amide bonds. The average Bonchev–Trinajstić information content (AvgIpc) is 3.07. The van der Waals surface area contributed by atoms with Crippen molar-refractivity contribution in [1.29, 1.82) is 0 Å². The summed E-state index contributed by atoms with van der Waals surface area (Å²) in [6.07, 6.45) is 1.54. The second-order valence-corrected chi connectivity index (χ2v) is 7.97. The summed E-state index contributed by atoms with van der Waals surface area (Å²) < 4.78 is 27.0. The van der Waals surface area contributed by atoms with Crippen LogP contribution in [0.5, 0.6) is 5.75 Å². The van der Waals surface area contributed by atoms with Crippen LogP contribution in [0, 0.1) is 6.92 Å². The average molecular weight is 375 g/mol. The maximum absolute atomic E-state index is 12.3. The fraction of sp³-hybridized carbons (Fsp3) is 0.118. The van der Waals surface area contributed by atoms with E-state index >= 15 is 0 Å². The molecule has 0 saturated heterocycles. The number of hydrogen-bond acceptors (Lipinski definition) is 6. The molecule has 0 atom stereocenters. The Kier molecular flexibility index (Phi) is 4.91. The van der Waals surface area contributed by atoms with Crippen LogP contribution in [0.25, 0.3) is 0 Å². The Labute approximate surface area is 150 Å². The van der Waals surface area contributed by atoms with E-state index in [4.69, 9.17) is 0 Å². The van der Waals surface area contributed by atoms with Crippen molar-refractivity contribution in [3.63, 3.8) is 0 Å². The number of anilines is 2. The molecule has 130 valence electrons. The highest BCUT2D eigenvalue weighted by Crippen LogP contribution is 2.23. The number of hydrogen-bond donors (Lipinski definition) is 3. The third-order valence-electron chi connectivity index (χ3n) is 3.67. The lowest BCUT2D eigenvalue weighted by molar-refractivity contribution is 0.468. The van der Waals surface area contributed by atoms with Crippen LogP contribution in [0.1, 0.15) is 11.1 Å². The Morgan fingerprint density at radius 3 is 2.56 bits per heavy atom. The zero-order valence-corrected chi connectivity index (χ0v) is 15.1. The molecule has 0 aliphatic carbocycles. The minimum absolute atomic E-state index is 0.159. The van der Waals surface area contributed by atoms with E-state index in [1.54, 1.807) is 29.6 Å². The summed E-state index contributed by atoms with van der Waals surface area (Å²) in [6, 6.07) is 11.8. The van der Waals surface area contributed by atoms with E-state index in [-0.39, 0.29) is 10.6 Å². The van der Waals surface area contributed by atoms with Gasteiger partial charge in [-0.25, -0.2) is 13.4 Å². The lowest BCUT2D eigenvalue weighted by Crippen LogP contribution is -2.12. The highest BCUT2D eigenvalue weighted by molar-refractivity contribution is 7.93. The molecule has 0 aliphatic rings. The van der Waals surface area contributed by atoms with Gasteiger partial charge in [0.05, 0.1) is 4.90 Å². The standard InChI is InChI=1S/C17H17N3O3S2/c1-12-3-2-4-16(21)15(12)11-19-13-5-7-14(8-6-13)25(22,23)20-17-18-9-10-24-17/h2-10,19,21H,11H2,1H3,(H,18,20). The maximum Gasteiger partial charge on any atom is 0.263 e. The molecule has 25 heavy (non-hydrogen) atoms. The molecular formula is C17H17N3O3S2. The van der Waals surface area contributed by atoms with Crippen molar-refractivity contribution in [1.82, 2.24) is 4.98 Å². The molecule has 1 heterocycles. The predicted molar refractivity (Wildman–Crippen MR) is 99.5 cm³/mol. The number of rotatable bonds is 6. The fourth-order valence-corrected chi connectivity index (χ4v) is 4.10. The highest BCUT2D eigenvalue weighted by Gasteiger charge is 2.15. The molecule has 0 bridgehead atoms. The van der Waals surface area contributed by atoms with E-state index in [1.165, 1.54) is 29.7 Å². The van der Waals surface area contributed by atoms with E-state index in [0.29, 0.717) is 11.7 Å². The minimum atomic E-state index is -3.65. The third kappa shape index (κ3) is 4.09. The first-order valence-electron chi connectivity index (χ1n) is 7.49. The van der Waals surface area contributed by atoms with Gasteiger partial charge < -0.3 is 10.4 Å². The van der Waals surface area contributed by atoms with E-state index in [1.807, 2.05) is 13.0 Å². The Hall–Kier alpha value is -2.58. The van der Waals surface area contributed by atoms with Crippen molar-refractivity contribution in [2.75, 3.05) is 10.0 Å². The predicted octanol–water partition coefficient (Wildman–Crippen LogP) is 3.57. The van der Waals surface area contributed by atoms with E-state index < -0.39 is 10.0 Å². The van der Waals surface area contributed by atoms with Crippen molar-refractivity contribution in [2.24, 2.45) is 0 Å². The molecule has 3 rings (SSSR count). The molecule has 0 fully saturated rings. The molecule has 0 radical (unpaired) electrons. The van der Waals surface area contributed by atoms with Crippen molar-refractivity contribution in [2.45, 2.75) is 18.4 Å². The smallest absolute Gasteiger partial charge is 0.263 e. The molecule has 3 aromatic rings. The molecule has 0 aliphatic heterocycles. The molecule has 8 heteroatoms. The number of thiazole rings is 1. The van der Waals surface area contributed by atoms with Gasteiger partial charge in [-0.05, 0) is 42.8 Å². The monoisotopic (exact) mass is 375 g/mol. The van der Waals surface area contributed by atoms with Crippen LogP contribution >= 0.6 is 11.3 Å². The number of benzene rings is 2. The van der Waals surface area contributed by atoms with E-state index in [9.17, 15) is 13.5 Å². The quantitative estimate of drug-likeness (QED) is 0.613. The van der Waals surface area contributed by atoms with Crippen LogP contribution in [-0.4, -0.2) is 18.5 Å². The van der Waals surface area contributed by atoms with E-state index in [2.05, 4.69) is 15.0 Å². The van der Waals surface area contributed by atoms with Gasteiger partial charge in [0.1, 0.15) is 5.75 Å². The zero-order chi connectivity index (χ0) is 17.9. The molecule has 0 saturated carbocycles. The molecular weight excluding hydrogens is 358 g/mol. The second-order valence-electron chi connectivity index (χ2n) is 5.39. The number of sulfonamides is 1. The van der Waals surface area contributed by atoms with Gasteiger partial charge in [0, 0.05) is 29.4 Å². The van der Waals surface area contributed by atoms with Crippen molar-refractivity contribution >= 4 is 32.2 Å². The van der Waals surface area contributed by atoms with E-state index in [0.717, 1.165) is 16.8 Å². The Morgan fingerprint density at radius 1 is 1.16 bits per heavy atom. The second kappa shape index (κ2) is 7.12. The van der Waals surface area contributed by atoms with Gasteiger partial charge in [-0.3, -0.25) is 4.72 Å². The van der Waals surface area contributed by atoms with Crippen molar-refractivity contribution in [3.8, 4) is 5.75 Å². The fourth-order valence-electron chi connectivity index (χ4n) is 2.31. The van der Waals surface area contributed by atoms with Crippen LogP contribution in [-0.2, 0) is 16.6 Å². The highest BCUT2D eigenvalue weighted by atomic mass is 32.2. The van der Waals surface area contributed by atoms with Crippen LogP contribution < -0.4 is 10.0 Å². The van der Waals surface area contributed by atoms with Gasteiger partial charge in [-0.2, -0.15) is 0 Å². The molecule has 3 N–H and O–H groups in total. The number of nitrogens with one attached hydrogen (secondary N) is 2. The van der Waals surface area contributed by atoms with Gasteiger partial charge >= 0.3 is 0 Å². The largest absolute Gasteiger partial charge is 0.508 e. The lowest BCUT2D eigenvalue weighted by Gasteiger charge is -2.11. The van der Waals surface area contributed by atoms with Gasteiger partial charge in [0.15, 0.2) is 5.13 Å². The SMILES string of the molecule is Cc1cccc(O)c1CNc1ccc(S(=O)(=O)Nc2nccs2)cc1. The lowest BCUT2D eigenvalue weighted by atomic mass is 10.1. The van der Waals surface area contributed by atoms with Gasteiger partial charge in [-0.15, -0.1) is 11.3 Å². The van der Waals surface area contributed by atoms with Crippen molar-refractivity contribution < 1.29 is 13.5 Å². The Bertz CT molecular complexity index is 933. The van der Waals surface area contributed by atoms with Crippen LogP contribution in [0.2, 0.25) is 0 Å². The van der Waals surface area contributed by atoms with Gasteiger partial charge in [0.2, 0.25) is 0 Å². The number of aromatic nitrogens is 1. The Balaban J connectivity index is 1.70. The normalized spacial score (nSPS) is 11.2. The summed E-state index contributed by atoms with van der Waals surface area (Å²) in [5, 5.41) is 15.1. The molecule has 0 unspecified atom stereocenters. The molecule has 6 nitrogen and oxygen atoms in total. The number of phenols is 1. The molecule has 2 aromatic carbocycles. The van der Waals surface area contributed by atoms with Gasteiger partial charge in [0.25, 0.3) is 10.0 Å². The van der Waals surface area contributed by atoms with Crippen molar-refractivity contribution in [3.05, 3.63) is 65.2 Å². The summed E-state index contributed by atoms with van der Waals surface area (Å²) in [6.45, 7) is 2.37. The maximum atomic E-state index is 12.3. The summed E-state index contributed by atoms with van der Waals surface area (Å²) in [7, 11) is -3.65. The topological polar surface area (TPSA) is 91.3 Å².